The van der Waals surface area contributed by atoms with Gasteiger partial charge in [0, 0.05) is 19.9 Å². The van der Waals surface area contributed by atoms with Gasteiger partial charge in [0.2, 0.25) is 5.91 Å². The number of imidazole rings is 1. The number of nitriles is 1. The molecule has 1 aliphatic heterocycles. The van der Waals surface area contributed by atoms with E-state index in [0.717, 1.165) is 27.5 Å². The van der Waals surface area contributed by atoms with Crippen LogP contribution < -0.4 is 4.90 Å². The van der Waals surface area contributed by atoms with Crippen LogP contribution in [0.1, 0.15) is 35.6 Å². The summed E-state index contributed by atoms with van der Waals surface area (Å²) in [4.78, 5) is 35.3. The van der Waals surface area contributed by atoms with Gasteiger partial charge in [-0.15, -0.1) is 0 Å². The zero-order valence-corrected chi connectivity index (χ0v) is 24.5. The van der Waals surface area contributed by atoms with Gasteiger partial charge < -0.3 is 14.2 Å². The Balaban J connectivity index is 1.32. The van der Waals surface area contributed by atoms with Gasteiger partial charge >= 0.3 is 0 Å². The second-order valence-corrected chi connectivity index (χ2v) is 11.1. The van der Waals surface area contributed by atoms with E-state index in [1.165, 1.54) is 6.92 Å². The third-order valence-corrected chi connectivity index (χ3v) is 8.16. The lowest BCUT2D eigenvalue weighted by Crippen LogP contribution is -2.47. The minimum Gasteiger partial charge on any atom is -0.372 e. The zero-order valence-electron chi connectivity index (χ0n) is 24.5. The molecule has 6 rings (SSSR count). The lowest BCUT2D eigenvalue weighted by Gasteiger charge is -2.30. The van der Waals surface area contributed by atoms with E-state index in [9.17, 15) is 14.9 Å². The quantitative estimate of drug-likeness (QED) is 0.222. The highest BCUT2D eigenvalue weighted by atomic mass is 16.5. The van der Waals surface area contributed by atoms with Crippen LogP contribution in [-0.2, 0) is 34.0 Å². The highest BCUT2D eigenvalue weighted by Crippen LogP contribution is 2.29. The number of aromatic nitrogens is 2. The number of rotatable bonds is 9. The number of carbonyl (C=O) groups is 2. The molecule has 0 radical (unpaired) electrons. The van der Waals surface area contributed by atoms with Crippen LogP contribution in [0.3, 0.4) is 0 Å². The van der Waals surface area contributed by atoms with Gasteiger partial charge in [-0.2, -0.15) is 5.26 Å². The molecule has 0 saturated carbocycles. The number of benzene rings is 4. The van der Waals surface area contributed by atoms with Crippen molar-refractivity contribution < 1.29 is 14.3 Å². The minimum atomic E-state index is -0.679. The lowest BCUT2D eigenvalue weighted by molar-refractivity contribution is -0.135. The zero-order chi connectivity index (χ0) is 30.5. The van der Waals surface area contributed by atoms with Crippen LogP contribution in [0.2, 0.25) is 0 Å². The molecule has 0 N–H and O–H groups in total. The van der Waals surface area contributed by atoms with E-state index in [1.807, 2.05) is 71.3 Å². The topological polar surface area (TPSA) is 91.5 Å². The first-order chi connectivity index (χ1) is 21.5. The van der Waals surface area contributed by atoms with E-state index >= 15 is 0 Å². The second kappa shape index (κ2) is 12.9. The molecular formula is C36H33N5O3. The van der Waals surface area contributed by atoms with Crippen LogP contribution in [0.15, 0.2) is 110 Å². The van der Waals surface area contributed by atoms with E-state index in [0.29, 0.717) is 44.0 Å². The summed E-state index contributed by atoms with van der Waals surface area (Å²) in [6, 6.07) is 33.0. The molecule has 8 heteroatoms. The van der Waals surface area contributed by atoms with Crippen molar-refractivity contribution in [2.45, 2.75) is 45.2 Å². The first kappa shape index (κ1) is 28.8. The Labute approximate surface area is 256 Å². The van der Waals surface area contributed by atoms with Crippen molar-refractivity contribution in [1.29, 1.82) is 5.26 Å². The number of hydrogen-bond donors (Lipinski definition) is 0. The van der Waals surface area contributed by atoms with Crippen molar-refractivity contribution in [3.8, 4) is 6.07 Å². The number of fused-ring (bicyclic) bond motifs is 1. The summed E-state index contributed by atoms with van der Waals surface area (Å²) in [7, 11) is 0. The third kappa shape index (κ3) is 6.24. The molecule has 1 unspecified atom stereocenters. The number of amides is 2. The Kier molecular flexibility index (Phi) is 8.48. The number of likely N-dealkylation sites (tertiary alicyclic amines) is 1. The Bertz CT molecular complexity index is 1800. The molecule has 2 heterocycles. The first-order valence-corrected chi connectivity index (χ1v) is 14.7. The van der Waals surface area contributed by atoms with Crippen LogP contribution in [-0.4, -0.2) is 45.0 Å². The summed E-state index contributed by atoms with van der Waals surface area (Å²) in [6.07, 6.45) is 3.54. The summed E-state index contributed by atoms with van der Waals surface area (Å²) in [5, 5.41) is 11.4. The van der Waals surface area contributed by atoms with Crippen molar-refractivity contribution in [1.82, 2.24) is 14.5 Å². The maximum absolute atomic E-state index is 14.6. The van der Waals surface area contributed by atoms with Gasteiger partial charge in [-0.05, 0) is 39.6 Å². The van der Waals surface area contributed by atoms with Crippen LogP contribution >= 0.6 is 0 Å². The average Bonchev–Trinajstić information content (AvgIpc) is 3.71. The van der Waals surface area contributed by atoms with E-state index in [4.69, 9.17) is 4.74 Å². The molecule has 1 aromatic heterocycles. The predicted octanol–water partition coefficient (Wildman–Crippen LogP) is 5.70. The maximum Gasteiger partial charge on any atom is 0.251 e. The summed E-state index contributed by atoms with van der Waals surface area (Å²) in [5.74, 6) is 0.287. The fourth-order valence-electron chi connectivity index (χ4n) is 5.88. The van der Waals surface area contributed by atoms with Crippen LogP contribution in [0.4, 0.5) is 5.82 Å². The van der Waals surface area contributed by atoms with Crippen LogP contribution in [0.25, 0.3) is 10.8 Å². The van der Waals surface area contributed by atoms with Crippen molar-refractivity contribution in [2.75, 3.05) is 11.4 Å². The molecule has 0 bridgehead atoms. The molecule has 0 spiro atoms. The smallest absolute Gasteiger partial charge is 0.251 e. The lowest BCUT2D eigenvalue weighted by atomic mass is 10.0. The van der Waals surface area contributed by atoms with Gasteiger partial charge in [0.25, 0.3) is 5.91 Å². The van der Waals surface area contributed by atoms with Crippen molar-refractivity contribution in [2.24, 2.45) is 0 Å². The van der Waals surface area contributed by atoms with Gasteiger partial charge in [-0.1, -0.05) is 84.9 Å². The van der Waals surface area contributed by atoms with E-state index < -0.39 is 6.04 Å². The summed E-state index contributed by atoms with van der Waals surface area (Å²) in [5.41, 5.74) is 3.59. The Morgan fingerprint density at radius 2 is 1.70 bits per heavy atom. The second-order valence-electron chi connectivity index (χ2n) is 11.1. The van der Waals surface area contributed by atoms with Gasteiger partial charge in [0.05, 0.1) is 50.0 Å². The summed E-state index contributed by atoms with van der Waals surface area (Å²) < 4.78 is 8.14. The van der Waals surface area contributed by atoms with Crippen LogP contribution in [0, 0.1) is 11.3 Å². The molecular weight excluding hydrogens is 550 g/mol. The molecule has 1 fully saturated rings. The molecule has 1 aliphatic rings. The van der Waals surface area contributed by atoms with Gasteiger partial charge in [0.15, 0.2) is 0 Å². The monoisotopic (exact) mass is 583 g/mol. The van der Waals surface area contributed by atoms with Gasteiger partial charge in [-0.25, -0.2) is 4.98 Å². The van der Waals surface area contributed by atoms with Crippen LogP contribution in [0.5, 0.6) is 0 Å². The molecule has 4 aromatic carbocycles. The number of anilines is 1. The Hall–Kier alpha value is -5.26. The largest absolute Gasteiger partial charge is 0.372 e. The number of hydrogen-bond acceptors (Lipinski definition) is 5. The molecule has 220 valence electrons. The van der Waals surface area contributed by atoms with Gasteiger partial charge in [0.1, 0.15) is 11.9 Å². The third-order valence-electron chi connectivity index (χ3n) is 8.16. The van der Waals surface area contributed by atoms with E-state index in [2.05, 4.69) is 29.3 Å². The Morgan fingerprint density at radius 3 is 2.48 bits per heavy atom. The molecule has 8 nitrogen and oxygen atoms in total. The fraction of sp³-hybridized carbons (Fsp3) is 0.222. The summed E-state index contributed by atoms with van der Waals surface area (Å²) in [6.45, 7) is 3.03. The number of ether oxygens (including phenoxy) is 1. The standard InChI is InChI=1S/C36H33N5O3/c1-26(42)40-23-32(44-24-29-8-3-2-4-9-29)18-34(40)36(43)41(22-31-12-7-11-30-10-5-6-13-33(30)31)35-20-38-25-39(35)21-28-16-14-27(19-37)15-17-28/h2-17,20,25,32,34H,18,21-24H2,1H3/t32-,34?/m1/s1. The fourth-order valence-corrected chi connectivity index (χ4v) is 5.88. The van der Waals surface area contributed by atoms with Crippen molar-refractivity contribution in [3.63, 3.8) is 0 Å². The normalized spacial score (nSPS) is 16.1. The Morgan fingerprint density at radius 1 is 0.955 bits per heavy atom. The van der Waals surface area contributed by atoms with Gasteiger partial charge in [-0.3, -0.25) is 14.5 Å². The molecule has 44 heavy (non-hydrogen) atoms. The number of nitrogens with zero attached hydrogens (tertiary/aromatic N) is 5. The van der Waals surface area contributed by atoms with Crippen molar-refractivity contribution >= 4 is 28.4 Å². The molecule has 5 aromatic rings. The average molecular weight is 584 g/mol. The minimum absolute atomic E-state index is 0.162. The highest BCUT2D eigenvalue weighted by molar-refractivity contribution is 5.99. The van der Waals surface area contributed by atoms with Crippen molar-refractivity contribution in [3.05, 3.63) is 132 Å². The first-order valence-electron chi connectivity index (χ1n) is 14.7. The molecule has 0 aliphatic carbocycles. The SMILES string of the molecule is CC(=O)N1C[C@H](OCc2ccccc2)CC1C(=O)N(Cc1cccc2ccccc12)c1cncn1Cc1ccc(C#N)cc1. The maximum atomic E-state index is 14.6. The molecule has 2 atom stereocenters. The molecule has 2 amide bonds. The van der Waals surface area contributed by atoms with E-state index in [1.54, 1.807) is 34.5 Å². The number of carbonyl (C=O) groups excluding carboxylic acids is 2. The predicted molar refractivity (Wildman–Crippen MR) is 168 cm³/mol. The molecule has 1 saturated heterocycles. The summed E-state index contributed by atoms with van der Waals surface area (Å²) >= 11 is 0. The van der Waals surface area contributed by atoms with E-state index in [-0.39, 0.29) is 17.9 Å². The highest BCUT2D eigenvalue weighted by Gasteiger charge is 2.41.